The van der Waals surface area contributed by atoms with Crippen molar-refractivity contribution >= 4 is 35.8 Å². The monoisotopic (exact) mass is 525 g/mol. The van der Waals surface area contributed by atoms with Crippen LogP contribution in [0.25, 0.3) is 6.08 Å². The van der Waals surface area contributed by atoms with E-state index in [-0.39, 0.29) is 19.6 Å². The highest BCUT2D eigenvalue weighted by atomic mass is 16.6. The first kappa shape index (κ1) is 29.9. The molecule has 3 N–H and O–H groups in total. The standard InChI is InChI=1S/C28H35N3O7/c1-28(2,3)38-27(35)31-23(15-10-18-29-26(34)37-19-20-11-6-5-7-12-20)25(33)30-22-14-9-8-13-21(22)16-17-24(32)36-4/h5-9,11-14,16-17,23H,10,15,18-19H2,1-4H3,(H,29,34)(H,30,33)(H,31,35)/t23-/m0/s1. The molecule has 1 atom stereocenters. The van der Waals surface area contributed by atoms with Crippen molar-refractivity contribution in [2.75, 3.05) is 19.0 Å². The number of alkyl carbamates (subject to hydrolysis) is 2. The molecule has 0 saturated heterocycles. The normalized spacial score (nSPS) is 11.8. The molecule has 10 nitrogen and oxygen atoms in total. The number of rotatable bonds is 11. The Labute approximate surface area is 222 Å². The third-order valence-corrected chi connectivity index (χ3v) is 4.98. The number of anilines is 1. The molecule has 0 aliphatic carbocycles. The molecule has 38 heavy (non-hydrogen) atoms. The van der Waals surface area contributed by atoms with Crippen LogP contribution in [0.3, 0.4) is 0 Å². The van der Waals surface area contributed by atoms with Crippen LogP contribution in [-0.2, 0) is 30.4 Å². The zero-order chi connectivity index (χ0) is 28.0. The summed E-state index contributed by atoms with van der Waals surface area (Å²) in [4.78, 5) is 49.0. The van der Waals surface area contributed by atoms with E-state index in [4.69, 9.17) is 9.47 Å². The maximum absolute atomic E-state index is 13.1. The first-order valence-electron chi connectivity index (χ1n) is 12.2. The van der Waals surface area contributed by atoms with Crippen molar-refractivity contribution < 1.29 is 33.4 Å². The van der Waals surface area contributed by atoms with Gasteiger partial charge >= 0.3 is 18.2 Å². The zero-order valence-electron chi connectivity index (χ0n) is 22.1. The highest BCUT2D eigenvalue weighted by Gasteiger charge is 2.24. The van der Waals surface area contributed by atoms with E-state index < -0.39 is 35.7 Å². The molecule has 2 aromatic rings. The lowest BCUT2D eigenvalue weighted by atomic mass is 10.1. The van der Waals surface area contributed by atoms with Gasteiger partial charge in [-0.25, -0.2) is 14.4 Å². The van der Waals surface area contributed by atoms with Crippen LogP contribution in [0.4, 0.5) is 15.3 Å². The molecule has 0 aliphatic heterocycles. The maximum Gasteiger partial charge on any atom is 0.408 e. The van der Waals surface area contributed by atoms with Gasteiger partial charge in [-0.1, -0.05) is 48.5 Å². The molecular formula is C28H35N3O7. The van der Waals surface area contributed by atoms with Gasteiger partial charge in [-0.2, -0.15) is 0 Å². The van der Waals surface area contributed by atoms with Crippen molar-refractivity contribution in [3.8, 4) is 0 Å². The second-order valence-electron chi connectivity index (χ2n) is 9.26. The summed E-state index contributed by atoms with van der Waals surface area (Å²) < 4.78 is 15.1. The van der Waals surface area contributed by atoms with E-state index in [0.29, 0.717) is 17.7 Å². The van der Waals surface area contributed by atoms with Gasteiger partial charge in [0.25, 0.3) is 0 Å². The van der Waals surface area contributed by atoms with Gasteiger partial charge in [-0.05, 0) is 56.9 Å². The quantitative estimate of drug-likeness (QED) is 0.171. The van der Waals surface area contributed by atoms with E-state index in [1.807, 2.05) is 30.3 Å². The molecule has 0 fully saturated rings. The van der Waals surface area contributed by atoms with E-state index in [1.54, 1.807) is 45.0 Å². The van der Waals surface area contributed by atoms with E-state index in [0.717, 1.165) is 5.56 Å². The van der Waals surface area contributed by atoms with E-state index in [1.165, 1.54) is 19.3 Å². The zero-order valence-corrected chi connectivity index (χ0v) is 22.1. The van der Waals surface area contributed by atoms with Crippen LogP contribution in [0.15, 0.2) is 60.7 Å². The summed E-state index contributed by atoms with van der Waals surface area (Å²) in [7, 11) is 1.27. The van der Waals surface area contributed by atoms with Gasteiger partial charge in [-0.3, -0.25) is 4.79 Å². The van der Waals surface area contributed by atoms with Crippen LogP contribution >= 0.6 is 0 Å². The van der Waals surface area contributed by atoms with Crippen LogP contribution in [0.2, 0.25) is 0 Å². The molecule has 0 heterocycles. The topological polar surface area (TPSA) is 132 Å². The lowest BCUT2D eigenvalue weighted by Gasteiger charge is -2.23. The van der Waals surface area contributed by atoms with Gasteiger partial charge in [0.15, 0.2) is 0 Å². The summed E-state index contributed by atoms with van der Waals surface area (Å²) >= 11 is 0. The Morgan fingerprint density at radius 1 is 0.947 bits per heavy atom. The third kappa shape index (κ3) is 11.6. The number of ether oxygens (including phenoxy) is 3. The van der Waals surface area contributed by atoms with Crippen molar-refractivity contribution in [1.29, 1.82) is 0 Å². The molecular weight excluding hydrogens is 490 g/mol. The van der Waals surface area contributed by atoms with E-state index in [2.05, 4.69) is 20.7 Å². The second kappa shape index (κ2) is 15.0. The minimum atomic E-state index is -0.954. The van der Waals surface area contributed by atoms with Crippen molar-refractivity contribution in [1.82, 2.24) is 10.6 Å². The first-order valence-corrected chi connectivity index (χ1v) is 12.2. The summed E-state index contributed by atoms with van der Waals surface area (Å²) in [5.74, 6) is -1.02. The number of carbonyl (C=O) groups excluding carboxylic acids is 4. The molecule has 3 amide bonds. The highest BCUT2D eigenvalue weighted by Crippen LogP contribution is 2.18. The lowest BCUT2D eigenvalue weighted by molar-refractivity contribution is -0.134. The minimum Gasteiger partial charge on any atom is -0.466 e. The number of para-hydroxylation sites is 1. The molecule has 0 aliphatic rings. The van der Waals surface area contributed by atoms with Crippen LogP contribution in [-0.4, -0.2) is 49.4 Å². The smallest absolute Gasteiger partial charge is 0.408 e. The summed E-state index contributed by atoms with van der Waals surface area (Å²) in [5.41, 5.74) is 1.13. The summed E-state index contributed by atoms with van der Waals surface area (Å²) in [5, 5.41) is 8.02. The molecule has 0 unspecified atom stereocenters. The fraction of sp³-hybridized carbons (Fsp3) is 0.357. The number of esters is 1. The SMILES string of the molecule is COC(=O)C=Cc1ccccc1NC(=O)[C@H](CCCNC(=O)OCc1ccccc1)NC(=O)OC(C)(C)C. The Kier molecular flexibility index (Phi) is 11.8. The van der Waals surface area contributed by atoms with Crippen LogP contribution in [0.5, 0.6) is 0 Å². The minimum absolute atomic E-state index is 0.141. The number of methoxy groups -OCH3 is 1. The fourth-order valence-corrected chi connectivity index (χ4v) is 3.19. The maximum atomic E-state index is 13.1. The molecule has 0 spiro atoms. The van der Waals surface area contributed by atoms with Crippen molar-refractivity contribution in [2.45, 2.75) is 51.9 Å². The van der Waals surface area contributed by atoms with Gasteiger partial charge in [0.1, 0.15) is 18.2 Å². The summed E-state index contributed by atoms with van der Waals surface area (Å²) in [6, 6.07) is 15.2. The van der Waals surface area contributed by atoms with Crippen molar-refractivity contribution in [3.05, 3.63) is 71.8 Å². The second-order valence-corrected chi connectivity index (χ2v) is 9.26. The van der Waals surface area contributed by atoms with Gasteiger partial charge in [0.2, 0.25) is 5.91 Å². The van der Waals surface area contributed by atoms with E-state index in [9.17, 15) is 19.2 Å². The number of nitrogens with one attached hydrogen (secondary N) is 3. The predicted molar refractivity (Wildman–Crippen MR) is 143 cm³/mol. The number of benzene rings is 2. The Morgan fingerprint density at radius 2 is 1.63 bits per heavy atom. The molecule has 0 radical (unpaired) electrons. The Bertz CT molecular complexity index is 1110. The number of hydrogen-bond acceptors (Lipinski definition) is 7. The predicted octanol–water partition coefficient (Wildman–Crippen LogP) is 4.41. The Morgan fingerprint density at radius 3 is 2.32 bits per heavy atom. The molecule has 0 saturated carbocycles. The molecule has 2 aromatic carbocycles. The summed E-state index contributed by atoms with van der Waals surface area (Å²) in [6.07, 6.45) is 2.02. The van der Waals surface area contributed by atoms with Gasteiger partial charge < -0.3 is 30.2 Å². The Hall–Kier alpha value is -4.34. The number of amides is 3. The van der Waals surface area contributed by atoms with Gasteiger partial charge in [-0.15, -0.1) is 0 Å². The number of hydrogen-bond donors (Lipinski definition) is 3. The average Bonchev–Trinajstić information content (AvgIpc) is 2.88. The van der Waals surface area contributed by atoms with Crippen molar-refractivity contribution in [3.63, 3.8) is 0 Å². The average molecular weight is 526 g/mol. The van der Waals surface area contributed by atoms with Gasteiger partial charge in [0, 0.05) is 18.3 Å². The molecule has 0 aromatic heterocycles. The largest absolute Gasteiger partial charge is 0.466 e. The first-order chi connectivity index (χ1) is 18.1. The highest BCUT2D eigenvalue weighted by molar-refractivity contribution is 5.98. The van der Waals surface area contributed by atoms with Crippen molar-refractivity contribution in [2.24, 2.45) is 0 Å². The molecule has 2 rings (SSSR count). The fourth-order valence-electron chi connectivity index (χ4n) is 3.19. The van der Waals surface area contributed by atoms with Crippen LogP contribution in [0, 0.1) is 0 Å². The molecule has 0 bridgehead atoms. The van der Waals surface area contributed by atoms with Gasteiger partial charge in [0.05, 0.1) is 7.11 Å². The summed E-state index contributed by atoms with van der Waals surface area (Å²) in [6.45, 7) is 5.52. The van der Waals surface area contributed by atoms with Crippen LogP contribution < -0.4 is 16.0 Å². The number of carbonyl (C=O) groups is 4. The van der Waals surface area contributed by atoms with Crippen LogP contribution in [0.1, 0.15) is 44.7 Å². The Balaban J connectivity index is 1.99. The molecule has 204 valence electrons. The van der Waals surface area contributed by atoms with E-state index >= 15 is 0 Å². The lowest BCUT2D eigenvalue weighted by Crippen LogP contribution is -2.46. The molecule has 10 heteroatoms. The third-order valence-electron chi connectivity index (χ3n) is 4.98.